The summed E-state index contributed by atoms with van der Waals surface area (Å²) in [5.41, 5.74) is 2.37. The van der Waals surface area contributed by atoms with E-state index in [1.165, 1.54) is 0 Å². The molecule has 2 aromatic rings. The third-order valence-corrected chi connectivity index (χ3v) is 3.51. The van der Waals surface area contributed by atoms with Gasteiger partial charge < -0.3 is 14.9 Å². The molecule has 2 unspecified atom stereocenters. The highest BCUT2D eigenvalue weighted by Crippen LogP contribution is 2.25. The number of hydrogen-bond acceptors (Lipinski definition) is 4. The fourth-order valence-electron chi connectivity index (χ4n) is 2.05. The molecule has 5 heteroatoms. The molecule has 2 rings (SSSR count). The van der Waals surface area contributed by atoms with Gasteiger partial charge in [0.1, 0.15) is 6.10 Å². The van der Waals surface area contributed by atoms with Crippen LogP contribution in [0.15, 0.2) is 48.5 Å². The lowest BCUT2D eigenvalue weighted by molar-refractivity contribution is -0.159. The number of carbonyl (C=O) groups excluding carboxylic acids is 1. The minimum Gasteiger partial charge on any atom is -0.464 e. The summed E-state index contributed by atoms with van der Waals surface area (Å²) in [5, 5.41) is 20.4. The van der Waals surface area contributed by atoms with Crippen molar-refractivity contribution in [3.05, 3.63) is 59.1 Å². The number of ether oxygens (including phenoxy) is 1. The normalized spacial score (nSPS) is 13.5. The Morgan fingerprint density at radius 3 is 2.05 bits per heavy atom. The van der Waals surface area contributed by atoms with Crippen LogP contribution in [0.2, 0.25) is 5.02 Å². The Balaban J connectivity index is 2.14. The van der Waals surface area contributed by atoms with Crippen LogP contribution in [-0.2, 0) is 9.53 Å². The maximum atomic E-state index is 11.4. The topological polar surface area (TPSA) is 66.8 Å². The van der Waals surface area contributed by atoms with E-state index in [1.807, 2.05) is 12.1 Å². The van der Waals surface area contributed by atoms with Crippen LogP contribution in [-0.4, -0.2) is 28.9 Å². The number of carbonyl (C=O) groups is 1. The van der Waals surface area contributed by atoms with Gasteiger partial charge in [-0.2, -0.15) is 0 Å². The summed E-state index contributed by atoms with van der Waals surface area (Å²) >= 11 is 5.85. The van der Waals surface area contributed by atoms with Crippen molar-refractivity contribution in [2.75, 3.05) is 6.61 Å². The molecule has 0 bridgehead atoms. The number of esters is 1. The van der Waals surface area contributed by atoms with Gasteiger partial charge in [-0.3, -0.25) is 0 Å². The Kier molecular flexibility index (Phi) is 5.55. The van der Waals surface area contributed by atoms with Crippen molar-refractivity contribution in [1.29, 1.82) is 0 Å². The minimum absolute atomic E-state index is 0.151. The van der Waals surface area contributed by atoms with Gasteiger partial charge in [0.05, 0.1) is 6.61 Å². The summed E-state index contributed by atoms with van der Waals surface area (Å²) in [6.45, 7) is 1.79. The molecule has 0 saturated heterocycles. The molecule has 0 spiro atoms. The van der Waals surface area contributed by atoms with Gasteiger partial charge in [-0.1, -0.05) is 48.0 Å². The van der Waals surface area contributed by atoms with E-state index in [-0.39, 0.29) is 6.61 Å². The van der Waals surface area contributed by atoms with Gasteiger partial charge in [-0.05, 0) is 35.7 Å². The molecule has 0 aliphatic heterocycles. The fraction of sp³-hybridized carbons (Fsp3) is 0.235. The fourth-order valence-corrected chi connectivity index (χ4v) is 2.18. The molecule has 116 valence electrons. The standard InChI is InChI=1S/C17H17ClO4/c1-2-22-17(21)16(20)15(19)13-5-3-11(4-6-13)12-7-9-14(18)10-8-12/h3-10,15-16,19-20H,2H2,1H3. The molecule has 2 aromatic carbocycles. The second-order valence-corrected chi connectivity index (χ2v) is 5.21. The average Bonchev–Trinajstić information content (AvgIpc) is 2.54. The van der Waals surface area contributed by atoms with Crippen LogP contribution in [0.3, 0.4) is 0 Å². The molecule has 4 nitrogen and oxygen atoms in total. The van der Waals surface area contributed by atoms with Crippen LogP contribution < -0.4 is 0 Å². The Morgan fingerprint density at radius 1 is 1.05 bits per heavy atom. The van der Waals surface area contributed by atoms with Crippen LogP contribution in [0.1, 0.15) is 18.6 Å². The molecule has 0 saturated carbocycles. The molecular weight excluding hydrogens is 304 g/mol. The van der Waals surface area contributed by atoms with Gasteiger partial charge in [-0.15, -0.1) is 0 Å². The Morgan fingerprint density at radius 2 is 1.55 bits per heavy atom. The molecule has 0 aromatic heterocycles. The zero-order chi connectivity index (χ0) is 16.1. The number of aliphatic hydroxyl groups excluding tert-OH is 2. The quantitative estimate of drug-likeness (QED) is 0.831. The maximum absolute atomic E-state index is 11.4. The number of hydrogen-bond donors (Lipinski definition) is 2. The predicted molar refractivity (Wildman–Crippen MR) is 84.5 cm³/mol. The van der Waals surface area contributed by atoms with E-state index in [0.717, 1.165) is 11.1 Å². The first-order valence-electron chi connectivity index (χ1n) is 6.91. The molecule has 22 heavy (non-hydrogen) atoms. The Labute approximate surface area is 133 Å². The summed E-state index contributed by atoms with van der Waals surface area (Å²) in [7, 11) is 0. The Bertz CT molecular complexity index is 622. The predicted octanol–water partition coefficient (Wildman–Crippen LogP) is 2.96. The van der Waals surface area contributed by atoms with Crippen molar-refractivity contribution in [3.8, 4) is 11.1 Å². The average molecular weight is 321 g/mol. The number of rotatable bonds is 5. The largest absolute Gasteiger partial charge is 0.464 e. The van der Waals surface area contributed by atoms with Gasteiger partial charge in [0.25, 0.3) is 0 Å². The highest BCUT2D eigenvalue weighted by atomic mass is 35.5. The van der Waals surface area contributed by atoms with Crippen LogP contribution >= 0.6 is 11.6 Å². The third-order valence-electron chi connectivity index (χ3n) is 3.26. The monoisotopic (exact) mass is 320 g/mol. The molecule has 0 fully saturated rings. The first-order chi connectivity index (χ1) is 10.5. The number of benzene rings is 2. The second kappa shape index (κ2) is 7.40. The lowest BCUT2D eigenvalue weighted by Gasteiger charge is -2.17. The lowest BCUT2D eigenvalue weighted by Crippen LogP contribution is -2.29. The van der Waals surface area contributed by atoms with Crippen molar-refractivity contribution >= 4 is 17.6 Å². The van der Waals surface area contributed by atoms with Crippen molar-refractivity contribution in [2.24, 2.45) is 0 Å². The van der Waals surface area contributed by atoms with E-state index in [2.05, 4.69) is 4.74 Å². The van der Waals surface area contributed by atoms with Crippen molar-refractivity contribution in [1.82, 2.24) is 0 Å². The van der Waals surface area contributed by atoms with E-state index in [4.69, 9.17) is 11.6 Å². The zero-order valence-corrected chi connectivity index (χ0v) is 12.8. The highest BCUT2D eigenvalue weighted by molar-refractivity contribution is 6.30. The van der Waals surface area contributed by atoms with Gasteiger partial charge >= 0.3 is 5.97 Å². The lowest BCUT2D eigenvalue weighted by atomic mass is 9.99. The number of halogens is 1. The van der Waals surface area contributed by atoms with Crippen LogP contribution in [0.4, 0.5) is 0 Å². The first kappa shape index (κ1) is 16.5. The van der Waals surface area contributed by atoms with Crippen LogP contribution in [0.25, 0.3) is 11.1 Å². The van der Waals surface area contributed by atoms with Crippen molar-refractivity contribution in [3.63, 3.8) is 0 Å². The summed E-state index contributed by atoms with van der Waals surface area (Å²) in [4.78, 5) is 11.4. The summed E-state index contributed by atoms with van der Waals surface area (Å²) in [5.74, 6) is -0.836. The van der Waals surface area contributed by atoms with E-state index in [9.17, 15) is 15.0 Å². The number of aliphatic hydroxyl groups is 2. The zero-order valence-electron chi connectivity index (χ0n) is 12.1. The highest BCUT2D eigenvalue weighted by Gasteiger charge is 2.26. The molecule has 0 radical (unpaired) electrons. The Hall–Kier alpha value is -1.88. The summed E-state index contributed by atoms with van der Waals surface area (Å²) in [6.07, 6.45) is -2.92. The molecule has 0 aliphatic carbocycles. The maximum Gasteiger partial charge on any atom is 0.338 e. The van der Waals surface area contributed by atoms with E-state index in [1.54, 1.807) is 43.3 Å². The van der Waals surface area contributed by atoms with Crippen LogP contribution in [0, 0.1) is 0 Å². The van der Waals surface area contributed by atoms with Gasteiger partial charge in [0.2, 0.25) is 0 Å². The second-order valence-electron chi connectivity index (χ2n) is 4.77. The molecule has 0 amide bonds. The van der Waals surface area contributed by atoms with Crippen molar-refractivity contribution in [2.45, 2.75) is 19.1 Å². The summed E-state index contributed by atoms with van der Waals surface area (Å²) < 4.78 is 4.69. The molecule has 0 heterocycles. The van der Waals surface area contributed by atoms with E-state index >= 15 is 0 Å². The van der Waals surface area contributed by atoms with E-state index in [0.29, 0.717) is 10.6 Å². The van der Waals surface area contributed by atoms with E-state index < -0.39 is 18.2 Å². The molecular formula is C17H17ClO4. The summed E-state index contributed by atoms with van der Waals surface area (Å²) in [6, 6.07) is 14.3. The van der Waals surface area contributed by atoms with Crippen LogP contribution in [0.5, 0.6) is 0 Å². The minimum atomic E-state index is -1.60. The van der Waals surface area contributed by atoms with Gasteiger partial charge in [0, 0.05) is 5.02 Å². The molecule has 2 atom stereocenters. The first-order valence-corrected chi connectivity index (χ1v) is 7.29. The third kappa shape index (κ3) is 3.85. The van der Waals surface area contributed by atoms with Gasteiger partial charge in [-0.25, -0.2) is 4.79 Å². The smallest absolute Gasteiger partial charge is 0.338 e. The molecule has 2 N–H and O–H groups in total. The SMILES string of the molecule is CCOC(=O)C(O)C(O)c1ccc(-c2ccc(Cl)cc2)cc1. The van der Waals surface area contributed by atoms with Gasteiger partial charge in [0.15, 0.2) is 6.10 Å². The molecule has 0 aliphatic rings. The van der Waals surface area contributed by atoms with Crippen molar-refractivity contribution < 1.29 is 19.7 Å².